The standard InChI is InChI=1S/C14H15N3O2S/c1-9(12(18)15-11-7-8-11)20-14-17-16-13(19-14)10-5-3-2-4-6-10/h2-6,9,11H,7-8H2,1H3,(H,15,18). The summed E-state index contributed by atoms with van der Waals surface area (Å²) in [6.07, 6.45) is 2.17. The molecule has 0 aliphatic heterocycles. The van der Waals surface area contributed by atoms with E-state index in [0.29, 0.717) is 17.2 Å². The third-order valence-electron chi connectivity index (χ3n) is 3.00. The molecule has 1 unspecified atom stereocenters. The Hall–Kier alpha value is -1.82. The van der Waals surface area contributed by atoms with Crippen molar-refractivity contribution in [2.45, 2.75) is 36.3 Å². The van der Waals surface area contributed by atoms with Gasteiger partial charge < -0.3 is 9.73 Å². The topological polar surface area (TPSA) is 68.0 Å². The van der Waals surface area contributed by atoms with Gasteiger partial charge in [-0.1, -0.05) is 30.0 Å². The fourth-order valence-electron chi connectivity index (χ4n) is 1.71. The zero-order valence-electron chi connectivity index (χ0n) is 11.1. The summed E-state index contributed by atoms with van der Waals surface area (Å²) in [6, 6.07) is 9.94. The van der Waals surface area contributed by atoms with Gasteiger partial charge in [0.1, 0.15) is 0 Å². The first-order chi connectivity index (χ1) is 9.72. The number of hydrogen-bond acceptors (Lipinski definition) is 5. The fourth-order valence-corrected chi connectivity index (χ4v) is 2.40. The number of hydrogen-bond donors (Lipinski definition) is 1. The zero-order chi connectivity index (χ0) is 13.9. The number of nitrogens with zero attached hydrogens (tertiary/aromatic N) is 2. The first-order valence-corrected chi connectivity index (χ1v) is 7.46. The van der Waals surface area contributed by atoms with Gasteiger partial charge in [0.15, 0.2) is 0 Å². The maximum absolute atomic E-state index is 11.9. The molecule has 1 heterocycles. The molecule has 1 aromatic heterocycles. The van der Waals surface area contributed by atoms with Gasteiger partial charge in [-0.15, -0.1) is 10.2 Å². The van der Waals surface area contributed by atoms with E-state index in [4.69, 9.17) is 4.42 Å². The number of aromatic nitrogens is 2. The predicted molar refractivity (Wildman–Crippen MR) is 76.2 cm³/mol. The van der Waals surface area contributed by atoms with Crippen molar-refractivity contribution in [2.24, 2.45) is 0 Å². The molecular weight excluding hydrogens is 274 g/mol. The molecular formula is C14H15N3O2S. The largest absolute Gasteiger partial charge is 0.411 e. The Morgan fingerprint density at radius 1 is 1.35 bits per heavy atom. The molecule has 0 bridgehead atoms. The quantitative estimate of drug-likeness (QED) is 0.857. The summed E-state index contributed by atoms with van der Waals surface area (Å²) in [4.78, 5) is 11.9. The highest BCUT2D eigenvalue weighted by Gasteiger charge is 2.26. The van der Waals surface area contributed by atoms with Crippen molar-refractivity contribution < 1.29 is 9.21 Å². The molecule has 0 radical (unpaired) electrons. The van der Waals surface area contributed by atoms with Crippen LogP contribution in [0.25, 0.3) is 11.5 Å². The fraction of sp³-hybridized carbons (Fsp3) is 0.357. The Bertz CT molecular complexity index is 595. The Morgan fingerprint density at radius 3 is 2.80 bits per heavy atom. The lowest BCUT2D eigenvalue weighted by atomic mass is 10.2. The number of thioether (sulfide) groups is 1. The van der Waals surface area contributed by atoms with Crippen molar-refractivity contribution in [1.29, 1.82) is 0 Å². The second kappa shape index (κ2) is 5.66. The molecule has 3 rings (SSSR count). The molecule has 2 aromatic rings. The van der Waals surface area contributed by atoms with Crippen molar-refractivity contribution in [3.8, 4) is 11.5 Å². The van der Waals surface area contributed by atoms with Crippen LogP contribution in [0.2, 0.25) is 0 Å². The number of carbonyl (C=O) groups is 1. The van der Waals surface area contributed by atoms with Crippen LogP contribution in [0.3, 0.4) is 0 Å². The number of rotatable bonds is 5. The van der Waals surface area contributed by atoms with Crippen LogP contribution >= 0.6 is 11.8 Å². The number of benzene rings is 1. The lowest BCUT2D eigenvalue weighted by molar-refractivity contribution is -0.120. The van der Waals surface area contributed by atoms with E-state index >= 15 is 0 Å². The van der Waals surface area contributed by atoms with Crippen LogP contribution in [0.4, 0.5) is 0 Å². The van der Waals surface area contributed by atoms with Crippen LogP contribution in [0.1, 0.15) is 19.8 Å². The summed E-state index contributed by atoms with van der Waals surface area (Å²) in [5.41, 5.74) is 0.877. The highest BCUT2D eigenvalue weighted by atomic mass is 32.2. The average Bonchev–Trinajstić information content (AvgIpc) is 3.16. The molecule has 1 N–H and O–H groups in total. The molecule has 1 fully saturated rings. The van der Waals surface area contributed by atoms with Gasteiger partial charge in [0.25, 0.3) is 5.22 Å². The highest BCUT2D eigenvalue weighted by molar-refractivity contribution is 8.00. The van der Waals surface area contributed by atoms with E-state index in [9.17, 15) is 4.79 Å². The van der Waals surface area contributed by atoms with Gasteiger partial charge in [-0.3, -0.25) is 4.79 Å². The van der Waals surface area contributed by atoms with Gasteiger partial charge in [-0.25, -0.2) is 0 Å². The van der Waals surface area contributed by atoms with Gasteiger partial charge in [-0.05, 0) is 31.9 Å². The van der Waals surface area contributed by atoms with Crippen molar-refractivity contribution in [2.75, 3.05) is 0 Å². The average molecular weight is 289 g/mol. The Morgan fingerprint density at radius 2 is 2.10 bits per heavy atom. The van der Waals surface area contributed by atoms with Crippen molar-refractivity contribution >= 4 is 17.7 Å². The van der Waals surface area contributed by atoms with Gasteiger partial charge >= 0.3 is 0 Å². The van der Waals surface area contributed by atoms with Crippen LogP contribution in [0, 0.1) is 0 Å². The first-order valence-electron chi connectivity index (χ1n) is 6.58. The van der Waals surface area contributed by atoms with Crippen LogP contribution < -0.4 is 5.32 Å². The van der Waals surface area contributed by atoms with E-state index in [1.807, 2.05) is 37.3 Å². The molecule has 1 aliphatic rings. The summed E-state index contributed by atoms with van der Waals surface area (Å²) in [7, 11) is 0. The molecule has 1 aromatic carbocycles. The summed E-state index contributed by atoms with van der Waals surface area (Å²) < 4.78 is 5.57. The number of carbonyl (C=O) groups excluding carboxylic acids is 1. The zero-order valence-corrected chi connectivity index (χ0v) is 11.9. The SMILES string of the molecule is CC(Sc1nnc(-c2ccccc2)o1)C(=O)NC1CC1. The van der Waals surface area contributed by atoms with E-state index < -0.39 is 0 Å². The molecule has 1 saturated carbocycles. The summed E-state index contributed by atoms with van der Waals surface area (Å²) >= 11 is 1.28. The molecule has 5 nitrogen and oxygen atoms in total. The third kappa shape index (κ3) is 3.19. The lowest BCUT2D eigenvalue weighted by Gasteiger charge is -2.08. The minimum Gasteiger partial charge on any atom is -0.411 e. The van der Waals surface area contributed by atoms with Gasteiger partial charge in [0.2, 0.25) is 11.8 Å². The predicted octanol–water partition coefficient (Wildman–Crippen LogP) is 2.50. The molecule has 1 amide bonds. The Kier molecular flexibility index (Phi) is 3.73. The summed E-state index contributed by atoms with van der Waals surface area (Å²) in [6.45, 7) is 1.84. The van der Waals surface area contributed by atoms with E-state index in [0.717, 1.165) is 18.4 Å². The lowest BCUT2D eigenvalue weighted by Crippen LogP contribution is -2.32. The van der Waals surface area contributed by atoms with Crippen molar-refractivity contribution in [1.82, 2.24) is 15.5 Å². The molecule has 1 aliphatic carbocycles. The second-order valence-electron chi connectivity index (χ2n) is 4.78. The molecule has 1 atom stereocenters. The van der Waals surface area contributed by atoms with E-state index in [2.05, 4.69) is 15.5 Å². The maximum Gasteiger partial charge on any atom is 0.277 e. The summed E-state index contributed by atoms with van der Waals surface area (Å²) in [5.74, 6) is 0.500. The smallest absolute Gasteiger partial charge is 0.277 e. The van der Waals surface area contributed by atoms with Crippen molar-refractivity contribution in [3.63, 3.8) is 0 Å². The van der Waals surface area contributed by atoms with Crippen LogP contribution in [-0.2, 0) is 4.79 Å². The minimum absolute atomic E-state index is 0.0250. The van der Waals surface area contributed by atoms with Crippen LogP contribution in [0.15, 0.2) is 40.0 Å². The van der Waals surface area contributed by atoms with E-state index in [1.54, 1.807) is 0 Å². The Labute approximate surface area is 121 Å². The van der Waals surface area contributed by atoms with Crippen molar-refractivity contribution in [3.05, 3.63) is 30.3 Å². The van der Waals surface area contributed by atoms with Gasteiger partial charge in [0, 0.05) is 11.6 Å². The number of amides is 1. The molecule has 20 heavy (non-hydrogen) atoms. The van der Waals surface area contributed by atoms with Crippen LogP contribution in [0.5, 0.6) is 0 Å². The van der Waals surface area contributed by atoms with E-state index in [-0.39, 0.29) is 11.2 Å². The first kappa shape index (κ1) is 13.2. The van der Waals surface area contributed by atoms with Gasteiger partial charge in [-0.2, -0.15) is 0 Å². The third-order valence-corrected chi connectivity index (χ3v) is 3.93. The normalized spacial score (nSPS) is 15.8. The maximum atomic E-state index is 11.9. The van der Waals surface area contributed by atoms with Crippen LogP contribution in [-0.4, -0.2) is 27.4 Å². The Balaban J connectivity index is 1.63. The molecule has 6 heteroatoms. The van der Waals surface area contributed by atoms with Gasteiger partial charge in [0.05, 0.1) is 5.25 Å². The van der Waals surface area contributed by atoms with E-state index in [1.165, 1.54) is 11.8 Å². The number of nitrogens with one attached hydrogen (secondary N) is 1. The molecule has 0 saturated heterocycles. The monoisotopic (exact) mass is 289 g/mol. The molecule has 104 valence electrons. The summed E-state index contributed by atoms with van der Waals surface area (Å²) in [5, 5.41) is 11.1. The minimum atomic E-state index is -0.236. The second-order valence-corrected chi connectivity index (χ2v) is 6.07. The molecule has 0 spiro atoms. The highest BCUT2D eigenvalue weighted by Crippen LogP contribution is 2.27.